The van der Waals surface area contributed by atoms with Gasteiger partial charge >= 0.3 is 0 Å². The van der Waals surface area contributed by atoms with Crippen LogP contribution in [-0.2, 0) is 4.84 Å². The summed E-state index contributed by atoms with van der Waals surface area (Å²) in [4.78, 5) is 16.3. The fraction of sp³-hybridized carbons (Fsp3) is 0.278. The van der Waals surface area contributed by atoms with Crippen LogP contribution in [0.1, 0.15) is 35.3 Å². The topological polar surface area (TPSA) is 50.4 Å². The van der Waals surface area contributed by atoms with Gasteiger partial charge < -0.3 is 5.32 Å². The van der Waals surface area contributed by atoms with Gasteiger partial charge in [0.25, 0.3) is 5.91 Å². The van der Waals surface area contributed by atoms with E-state index in [4.69, 9.17) is 0 Å². The lowest BCUT2D eigenvalue weighted by molar-refractivity contribution is 0.0537. The van der Waals surface area contributed by atoms with Crippen molar-refractivity contribution in [3.63, 3.8) is 0 Å². The van der Waals surface area contributed by atoms with Gasteiger partial charge in [-0.3, -0.25) is 9.63 Å². The standard InChI is InChI=1S/C16H15F3N2O2.C2H6/c1-8-4-5-12(9(2)6-8)20-15-10(16(22)21-23-3)7-11(17)13(18)14(15)19;1-2/h4-7,20H,1-3H3,(H,21,22);1-2H3. The Bertz CT molecular complexity index is 764. The Morgan fingerprint density at radius 2 is 1.68 bits per heavy atom. The molecule has 0 aliphatic heterocycles. The molecule has 0 saturated carbocycles. The van der Waals surface area contributed by atoms with Crippen LogP contribution in [0.2, 0.25) is 0 Å². The average Bonchev–Trinajstić information content (AvgIpc) is 2.59. The molecule has 2 aromatic rings. The van der Waals surface area contributed by atoms with E-state index >= 15 is 0 Å². The number of benzene rings is 2. The number of halogens is 3. The van der Waals surface area contributed by atoms with Gasteiger partial charge in [0.1, 0.15) is 0 Å². The Labute approximate surface area is 145 Å². The van der Waals surface area contributed by atoms with E-state index in [9.17, 15) is 18.0 Å². The van der Waals surface area contributed by atoms with Gasteiger partial charge in [0.05, 0.1) is 18.4 Å². The molecule has 25 heavy (non-hydrogen) atoms. The van der Waals surface area contributed by atoms with Crippen molar-refractivity contribution in [1.29, 1.82) is 0 Å². The first kappa shape index (κ1) is 20.5. The highest BCUT2D eigenvalue weighted by atomic mass is 19.2. The lowest BCUT2D eigenvalue weighted by atomic mass is 10.1. The molecule has 0 aromatic heterocycles. The molecule has 0 aliphatic rings. The molecule has 0 unspecified atom stereocenters. The third-order valence-electron chi connectivity index (χ3n) is 3.24. The second-order valence-corrected chi connectivity index (χ2v) is 4.99. The van der Waals surface area contributed by atoms with Gasteiger partial charge in [-0.15, -0.1) is 0 Å². The van der Waals surface area contributed by atoms with Crippen LogP contribution in [0.3, 0.4) is 0 Å². The molecule has 136 valence electrons. The van der Waals surface area contributed by atoms with Gasteiger partial charge in [-0.25, -0.2) is 18.7 Å². The number of anilines is 2. The number of hydrogen-bond donors (Lipinski definition) is 2. The Kier molecular flexibility index (Phi) is 7.44. The minimum atomic E-state index is -1.66. The maximum atomic E-state index is 14.1. The van der Waals surface area contributed by atoms with Crippen LogP contribution < -0.4 is 10.8 Å². The highest BCUT2D eigenvalue weighted by Crippen LogP contribution is 2.30. The minimum absolute atomic E-state index is 0.414. The zero-order valence-corrected chi connectivity index (χ0v) is 14.8. The monoisotopic (exact) mass is 354 g/mol. The summed E-state index contributed by atoms with van der Waals surface area (Å²) < 4.78 is 41.1. The smallest absolute Gasteiger partial charge is 0.277 e. The highest BCUT2D eigenvalue weighted by molar-refractivity contribution is 6.00. The second-order valence-electron chi connectivity index (χ2n) is 4.99. The Morgan fingerprint density at radius 3 is 2.24 bits per heavy atom. The number of carbonyl (C=O) groups excluding carboxylic acids is 1. The van der Waals surface area contributed by atoms with Gasteiger partial charge in [-0.05, 0) is 31.5 Å². The molecule has 0 aliphatic carbocycles. The van der Waals surface area contributed by atoms with E-state index in [1.807, 2.05) is 32.3 Å². The molecule has 0 heterocycles. The molecule has 0 atom stereocenters. The van der Waals surface area contributed by atoms with Crippen molar-refractivity contribution in [3.05, 3.63) is 58.4 Å². The van der Waals surface area contributed by atoms with Crippen molar-refractivity contribution in [2.45, 2.75) is 27.7 Å². The summed E-state index contributed by atoms with van der Waals surface area (Å²) >= 11 is 0. The van der Waals surface area contributed by atoms with Crippen molar-refractivity contribution in [1.82, 2.24) is 5.48 Å². The average molecular weight is 354 g/mol. The molecular formula is C18H21F3N2O2. The summed E-state index contributed by atoms with van der Waals surface area (Å²) in [6, 6.07) is 5.86. The molecule has 0 radical (unpaired) electrons. The van der Waals surface area contributed by atoms with Crippen LogP contribution in [0.4, 0.5) is 24.5 Å². The van der Waals surface area contributed by atoms with Gasteiger partial charge in [0, 0.05) is 5.69 Å². The van der Waals surface area contributed by atoms with E-state index in [2.05, 4.69) is 10.2 Å². The summed E-state index contributed by atoms with van der Waals surface area (Å²) in [7, 11) is 1.17. The van der Waals surface area contributed by atoms with Gasteiger partial charge in [-0.2, -0.15) is 0 Å². The number of carbonyl (C=O) groups is 1. The quantitative estimate of drug-likeness (QED) is 0.614. The van der Waals surface area contributed by atoms with E-state index in [1.165, 1.54) is 7.11 Å². The number of hydrogen-bond acceptors (Lipinski definition) is 3. The zero-order chi connectivity index (χ0) is 19.1. The normalized spacial score (nSPS) is 9.92. The highest BCUT2D eigenvalue weighted by Gasteiger charge is 2.23. The molecule has 2 aromatic carbocycles. The molecule has 1 amide bonds. The third-order valence-corrected chi connectivity index (χ3v) is 3.24. The lowest BCUT2D eigenvalue weighted by Gasteiger charge is -2.15. The van der Waals surface area contributed by atoms with Crippen molar-refractivity contribution in [2.24, 2.45) is 0 Å². The maximum absolute atomic E-state index is 14.1. The number of hydroxylamine groups is 1. The number of aryl methyl sites for hydroxylation is 2. The molecule has 0 bridgehead atoms. The first-order valence-corrected chi connectivity index (χ1v) is 7.70. The summed E-state index contributed by atoms with van der Waals surface area (Å²) in [5.41, 5.74) is 3.27. The summed E-state index contributed by atoms with van der Waals surface area (Å²) in [5.74, 6) is -5.51. The van der Waals surface area contributed by atoms with Gasteiger partial charge in [0.15, 0.2) is 17.5 Å². The van der Waals surface area contributed by atoms with E-state index in [1.54, 1.807) is 19.1 Å². The van der Waals surface area contributed by atoms with Gasteiger partial charge in [-0.1, -0.05) is 31.5 Å². The van der Waals surface area contributed by atoms with E-state index < -0.39 is 34.6 Å². The maximum Gasteiger partial charge on any atom is 0.277 e. The predicted molar refractivity (Wildman–Crippen MR) is 91.3 cm³/mol. The lowest BCUT2D eigenvalue weighted by Crippen LogP contribution is -2.24. The molecular weight excluding hydrogens is 333 g/mol. The van der Waals surface area contributed by atoms with Crippen molar-refractivity contribution >= 4 is 17.3 Å². The molecule has 4 nitrogen and oxygen atoms in total. The van der Waals surface area contributed by atoms with E-state index in [0.29, 0.717) is 11.8 Å². The van der Waals surface area contributed by atoms with Crippen LogP contribution in [0, 0.1) is 31.3 Å². The molecule has 0 fully saturated rings. The molecule has 2 N–H and O–H groups in total. The first-order chi connectivity index (χ1) is 11.8. The summed E-state index contributed by atoms with van der Waals surface area (Å²) in [5, 5.41) is 2.65. The summed E-state index contributed by atoms with van der Waals surface area (Å²) in [6.45, 7) is 7.65. The van der Waals surface area contributed by atoms with Crippen molar-refractivity contribution in [2.75, 3.05) is 12.4 Å². The van der Waals surface area contributed by atoms with Crippen LogP contribution >= 0.6 is 0 Å². The van der Waals surface area contributed by atoms with E-state index in [0.717, 1.165) is 11.1 Å². The number of amides is 1. The van der Waals surface area contributed by atoms with Crippen LogP contribution in [-0.4, -0.2) is 13.0 Å². The third kappa shape index (κ3) is 4.73. The summed E-state index contributed by atoms with van der Waals surface area (Å²) in [6.07, 6.45) is 0. The number of rotatable bonds is 4. The number of nitrogens with one attached hydrogen (secondary N) is 2. The Balaban J connectivity index is 0.00000151. The zero-order valence-electron chi connectivity index (χ0n) is 14.8. The van der Waals surface area contributed by atoms with Crippen LogP contribution in [0.25, 0.3) is 0 Å². The molecule has 7 heteroatoms. The van der Waals surface area contributed by atoms with Crippen molar-refractivity contribution < 1.29 is 22.8 Å². The molecule has 2 rings (SSSR count). The first-order valence-electron chi connectivity index (χ1n) is 7.70. The van der Waals surface area contributed by atoms with E-state index in [-0.39, 0.29) is 0 Å². The SMILES string of the molecule is CC.CONC(=O)c1cc(F)c(F)c(F)c1Nc1ccc(C)cc1C. The fourth-order valence-corrected chi connectivity index (χ4v) is 2.13. The minimum Gasteiger partial charge on any atom is -0.352 e. The van der Waals surface area contributed by atoms with Gasteiger partial charge in [0.2, 0.25) is 0 Å². The van der Waals surface area contributed by atoms with Crippen LogP contribution in [0.15, 0.2) is 24.3 Å². The fourth-order valence-electron chi connectivity index (χ4n) is 2.13. The predicted octanol–water partition coefficient (Wildman–Crippen LogP) is 4.78. The van der Waals surface area contributed by atoms with Crippen molar-refractivity contribution in [3.8, 4) is 0 Å². The Morgan fingerprint density at radius 1 is 1.04 bits per heavy atom. The molecule has 0 saturated heterocycles. The Hall–Kier alpha value is -2.54. The molecule has 0 spiro atoms. The second kappa shape index (κ2) is 9.08. The van der Waals surface area contributed by atoms with Crippen LogP contribution in [0.5, 0.6) is 0 Å². The largest absolute Gasteiger partial charge is 0.352 e.